The molecule has 1 N–H and O–H groups in total. The molecule has 1 aromatic heterocycles. The van der Waals surface area contributed by atoms with Crippen molar-refractivity contribution in [1.82, 2.24) is 9.29 Å². The van der Waals surface area contributed by atoms with Crippen LogP contribution in [0.3, 0.4) is 0 Å². The second-order valence-electron chi connectivity index (χ2n) is 20.1. The van der Waals surface area contributed by atoms with Crippen LogP contribution in [0.15, 0.2) is 72.9 Å². The molecule has 26 heteroatoms. The number of alkyl halides is 3. The number of rotatable bonds is 46. The third kappa shape index (κ3) is 28.8. The number of benzene rings is 3. The zero-order valence-electron chi connectivity index (χ0n) is 48.9. The van der Waals surface area contributed by atoms with Crippen LogP contribution in [-0.2, 0) is 76.4 Å². The Morgan fingerprint density at radius 1 is 0.553 bits per heavy atom. The Bertz CT molecular complexity index is 2520. The van der Waals surface area contributed by atoms with Gasteiger partial charge in [0.1, 0.15) is 23.5 Å². The van der Waals surface area contributed by atoms with Crippen LogP contribution < -0.4 is 10.1 Å². The summed E-state index contributed by atoms with van der Waals surface area (Å²) in [5.74, 6) is -0.0945. The first-order valence-electron chi connectivity index (χ1n) is 28.6. The molecular weight excluding hydrogens is 1180 g/mol. The minimum atomic E-state index is -5.43. The van der Waals surface area contributed by atoms with E-state index < -0.39 is 21.1 Å². The first-order chi connectivity index (χ1) is 41.0. The van der Waals surface area contributed by atoms with Crippen molar-refractivity contribution in [2.45, 2.75) is 63.1 Å². The molecule has 2 heterocycles. The van der Waals surface area contributed by atoms with Gasteiger partial charge in [-0.1, -0.05) is 47.5 Å². The smallest absolute Gasteiger partial charge is 0.489 e. The number of piperidine rings is 1. The molecule has 4 aromatic rings. The molecule has 0 radical (unpaired) electrons. The van der Waals surface area contributed by atoms with Crippen molar-refractivity contribution < 1.29 is 92.7 Å². The third-order valence-corrected chi connectivity index (χ3v) is 14.6. The molecule has 0 bridgehead atoms. The van der Waals surface area contributed by atoms with E-state index in [-0.39, 0.29) is 63.5 Å². The molecule has 5 rings (SSSR count). The molecule has 0 aliphatic carbocycles. The highest BCUT2D eigenvalue weighted by molar-refractivity contribution is 7.90. The highest BCUT2D eigenvalue weighted by Gasteiger charge is 2.50. The van der Waals surface area contributed by atoms with E-state index in [1.807, 2.05) is 81.4 Å². The van der Waals surface area contributed by atoms with Crippen LogP contribution in [0.5, 0.6) is 5.75 Å². The van der Waals surface area contributed by atoms with Crippen molar-refractivity contribution >= 4 is 55.8 Å². The second kappa shape index (κ2) is 40.5. The lowest BCUT2D eigenvalue weighted by Crippen LogP contribution is -2.47. The highest BCUT2D eigenvalue weighted by atomic mass is 35.5. The largest absolute Gasteiger partial charge is 0.511 e. The Morgan fingerprint density at radius 2 is 0.918 bits per heavy atom. The van der Waals surface area contributed by atoms with Crippen molar-refractivity contribution in [3.8, 4) is 5.75 Å². The van der Waals surface area contributed by atoms with E-state index in [1.54, 1.807) is 12.3 Å². The van der Waals surface area contributed by atoms with Gasteiger partial charge in [0.2, 0.25) is 0 Å². The number of fused-ring (bicyclic) bond motifs is 1. The summed E-state index contributed by atoms with van der Waals surface area (Å²) in [6.45, 7) is 15.0. The average molecular weight is 1270 g/mol. The van der Waals surface area contributed by atoms with Crippen LogP contribution in [0, 0.1) is 0 Å². The zero-order valence-corrected chi connectivity index (χ0v) is 51.3. The van der Waals surface area contributed by atoms with E-state index in [1.165, 1.54) is 0 Å². The molecule has 1 aliphatic heterocycles. The quantitative estimate of drug-likeness (QED) is 0.0249. The lowest BCUT2D eigenvalue weighted by Gasteiger charge is -2.32. The number of nitrogens with zero attached hydrogens (tertiary/aromatic N) is 2. The molecule has 0 saturated carbocycles. The molecule has 478 valence electrons. The normalized spacial score (nSPS) is 13.8. The molecule has 85 heavy (non-hydrogen) atoms. The molecule has 0 unspecified atom stereocenters. The molecule has 0 spiro atoms. The fourth-order valence-electron chi connectivity index (χ4n) is 8.42. The van der Waals surface area contributed by atoms with E-state index >= 15 is 0 Å². The summed E-state index contributed by atoms with van der Waals surface area (Å²) in [6, 6.07) is 20.5. The summed E-state index contributed by atoms with van der Waals surface area (Å²) in [7, 11) is -5.43. The number of hydrogen-bond acceptors (Lipinski definition) is 19. The van der Waals surface area contributed by atoms with Gasteiger partial charge >= 0.3 is 21.5 Å². The van der Waals surface area contributed by atoms with Crippen molar-refractivity contribution in [1.29, 1.82) is 0 Å². The predicted octanol–water partition coefficient (Wildman–Crippen LogP) is 8.76. The van der Waals surface area contributed by atoms with Gasteiger partial charge in [-0.3, -0.25) is 9.78 Å². The Balaban J connectivity index is 0.849. The van der Waals surface area contributed by atoms with E-state index in [9.17, 15) is 26.4 Å². The number of carbonyl (C=O) groups excluding carboxylic acids is 1. The number of nitrogens with one attached hydrogen (secondary N) is 1. The van der Waals surface area contributed by atoms with Crippen LogP contribution in [0.25, 0.3) is 10.9 Å². The Morgan fingerprint density at radius 3 is 1.28 bits per heavy atom. The molecule has 1 fully saturated rings. The Kier molecular flexibility index (Phi) is 34.1. The van der Waals surface area contributed by atoms with E-state index in [0.717, 1.165) is 16.7 Å². The summed E-state index contributed by atoms with van der Waals surface area (Å²) in [5, 5.41) is 5.33. The summed E-state index contributed by atoms with van der Waals surface area (Å²) >= 11 is 12.6. The van der Waals surface area contributed by atoms with Crippen LogP contribution in [0.2, 0.25) is 10.0 Å². The maximum absolute atomic E-state index is 13.3. The van der Waals surface area contributed by atoms with Crippen LogP contribution in [0.1, 0.15) is 62.6 Å². The van der Waals surface area contributed by atoms with Gasteiger partial charge in [-0.05, 0) is 92.8 Å². The van der Waals surface area contributed by atoms with Gasteiger partial charge in [-0.2, -0.15) is 17.5 Å². The molecule has 1 saturated heterocycles. The first-order valence-corrected chi connectivity index (χ1v) is 30.8. The molecule has 0 amide bonds. The topological polar surface area (TPSA) is 209 Å². The van der Waals surface area contributed by atoms with Crippen molar-refractivity contribution in [3.63, 3.8) is 0 Å². The van der Waals surface area contributed by atoms with Crippen molar-refractivity contribution in [3.05, 3.63) is 99.7 Å². The summed E-state index contributed by atoms with van der Waals surface area (Å²) in [6.07, 6.45) is 2.16. The van der Waals surface area contributed by atoms with Gasteiger partial charge in [-0.15, -0.1) is 0 Å². The average Bonchev–Trinajstić information content (AvgIpc) is 2.23. The van der Waals surface area contributed by atoms with Crippen molar-refractivity contribution in [2.75, 3.05) is 184 Å². The number of sulfonamides is 1. The summed E-state index contributed by atoms with van der Waals surface area (Å²) < 4.78 is 143. The number of anilines is 1. The number of aromatic nitrogens is 1. The lowest BCUT2D eigenvalue weighted by molar-refractivity contribution is -0.156. The van der Waals surface area contributed by atoms with Gasteiger partial charge in [-0.25, -0.2) is 8.42 Å². The fraction of sp³-hybridized carbons (Fsp3) is 0.627. The molecule has 1 aliphatic rings. The molecular formula is C59H84Cl2F3N3O17S. The second-order valence-corrected chi connectivity index (χ2v) is 22.9. The number of ether oxygens (including phenoxy) is 14. The van der Waals surface area contributed by atoms with E-state index in [2.05, 4.69) is 10.3 Å². The minimum Gasteiger partial charge on any atom is -0.489 e. The monoisotopic (exact) mass is 1270 g/mol. The molecule has 3 aromatic carbocycles. The highest BCUT2D eigenvalue weighted by Crippen LogP contribution is 2.40. The van der Waals surface area contributed by atoms with Gasteiger partial charge in [0, 0.05) is 52.4 Å². The number of carbonyl (C=O) groups is 1. The number of esters is 1. The maximum atomic E-state index is 13.3. The summed E-state index contributed by atoms with van der Waals surface area (Å²) in [4.78, 5) is 16.3. The molecule has 0 atom stereocenters. The SMILES string of the molecule is CC(C)(C)OC(=O)CCOCCOCCOCCOCCOCCOCCOCCOCCOCCOCCOCCOCCOc1cc(C(c2ccc(Cl)cc2)c2ccc(Cl)cc2)cc2c(NC3CCN(S(=O)(=O)C(F)(F)F)CC3)ccnc12. The lowest BCUT2D eigenvalue weighted by atomic mass is 9.84. The number of pyridine rings is 1. The third-order valence-electron chi connectivity index (χ3n) is 12.5. The zero-order chi connectivity index (χ0) is 61.0. The maximum Gasteiger partial charge on any atom is 0.511 e. The van der Waals surface area contributed by atoms with Crippen LogP contribution in [-0.4, -0.2) is 219 Å². The molecule has 20 nitrogen and oxygen atoms in total. The first kappa shape index (κ1) is 71.7. The fourth-order valence-corrected chi connectivity index (χ4v) is 9.66. The van der Waals surface area contributed by atoms with Crippen LogP contribution in [0.4, 0.5) is 18.9 Å². The number of halogens is 5. The standard InChI is InChI=1S/C59H84Cl2F3N3O17S/c1-58(2,3)84-55(68)15-19-71-20-21-72-22-23-73-24-25-74-26-27-75-28-29-76-30-31-77-32-33-78-34-35-79-36-37-80-38-39-81-40-41-82-42-43-83-54-45-48(56(46-4-8-49(60)9-5-46)47-6-10-50(61)11-7-47)44-52-53(12-16-65-57(52)54)66-51-13-17-67(18-14-51)85(69,70)59(62,63)64/h4-12,16,44-45,51,56H,13-15,17-43H2,1-3H3,(H,65,66). The Labute approximate surface area is 507 Å². The van der Waals surface area contributed by atoms with Gasteiger partial charge in [0.25, 0.3) is 0 Å². The summed E-state index contributed by atoms with van der Waals surface area (Å²) in [5.41, 5.74) is -1.89. The predicted molar refractivity (Wildman–Crippen MR) is 315 cm³/mol. The number of hydrogen-bond donors (Lipinski definition) is 1. The van der Waals surface area contributed by atoms with Crippen LogP contribution >= 0.6 is 23.2 Å². The van der Waals surface area contributed by atoms with Gasteiger partial charge in [0.05, 0.1) is 165 Å². The van der Waals surface area contributed by atoms with E-state index in [0.29, 0.717) is 189 Å². The van der Waals surface area contributed by atoms with Gasteiger partial charge in [0.15, 0.2) is 0 Å². The van der Waals surface area contributed by atoms with Gasteiger partial charge < -0.3 is 71.6 Å². The van der Waals surface area contributed by atoms with Crippen molar-refractivity contribution in [2.24, 2.45) is 0 Å². The Hall–Kier alpha value is -4.06. The van der Waals surface area contributed by atoms with E-state index in [4.69, 9.17) is 89.5 Å². The minimum absolute atomic E-state index is 0.164.